The summed E-state index contributed by atoms with van der Waals surface area (Å²) in [5, 5.41) is 3.09. The Labute approximate surface area is 162 Å². The first-order valence-corrected chi connectivity index (χ1v) is 9.96. The maximum Gasteiger partial charge on any atom is 0.252 e. The molecule has 0 unspecified atom stereocenters. The lowest BCUT2D eigenvalue weighted by Crippen LogP contribution is -2.47. The number of imide groups is 1. The van der Waals surface area contributed by atoms with Crippen LogP contribution in [0.2, 0.25) is 0 Å². The van der Waals surface area contributed by atoms with E-state index in [0.717, 1.165) is 27.8 Å². The molecule has 0 radical (unpaired) electrons. The van der Waals surface area contributed by atoms with Crippen molar-refractivity contribution in [3.05, 3.63) is 60.2 Å². The Hall–Kier alpha value is -2.95. The molecule has 1 heterocycles. The first-order chi connectivity index (χ1) is 13.6. The lowest BCUT2D eigenvalue weighted by molar-refractivity contribution is -0.149. The van der Waals surface area contributed by atoms with Crippen molar-refractivity contribution in [1.82, 2.24) is 10.4 Å². The van der Waals surface area contributed by atoms with E-state index < -0.39 is 0 Å². The summed E-state index contributed by atoms with van der Waals surface area (Å²) in [5.41, 5.74) is 3.50. The van der Waals surface area contributed by atoms with Crippen LogP contribution in [0.5, 0.6) is 0 Å². The van der Waals surface area contributed by atoms with Gasteiger partial charge in [0.15, 0.2) is 0 Å². The Morgan fingerprint density at radius 2 is 1.57 bits per heavy atom. The van der Waals surface area contributed by atoms with Gasteiger partial charge in [0, 0.05) is 0 Å². The van der Waals surface area contributed by atoms with Gasteiger partial charge in [-0.3, -0.25) is 19.8 Å². The summed E-state index contributed by atoms with van der Waals surface area (Å²) in [6.07, 6.45) is 5.52. The van der Waals surface area contributed by atoms with Crippen molar-refractivity contribution < 1.29 is 14.4 Å². The number of hydrogen-bond acceptors (Lipinski definition) is 3. The summed E-state index contributed by atoms with van der Waals surface area (Å²) < 4.78 is 0. The van der Waals surface area contributed by atoms with Crippen molar-refractivity contribution in [2.75, 3.05) is 0 Å². The monoisotopic (exact) mass is 372 g/mol. The molecule has 0 aromatic heterocycles. The third kappa shape index (κ3) is 2.10. The Balaban J connectivity index is 1.23. The highest BCUT2D eigenvalue weighted by Crippen LogP contribution is 2.65. The molecule has 2 bridgehead atoms. The third-order valence-electron chi connectivity index (χ3n) is 7.13. The lowest BCUT2D eigenvalue weighted by Gasteiger charge is -2.37. The van der Waals surface area contributed by atoms with E-state index in [9.17, 15) is 14.4 Å². The molecule has 2 aromatic carbocycles. The van der Waals surface area contributed by atoms with Crippen LogP contribution < -0.4 is 5.43 Å². The molecule has 0 spiro atoms. The van der Waals surface area contributed by atoms with Gasteiger partial charge in [0.05, 0.1) is 18.3 Å². The molecule has 2 aromatic rings. The molecule has 140 valence electrons. The zero-order valence-corrected chi connectivity index (χ0v) is 15.2. The molecule has 5 heteroatoms. The van der Waals surface area contributed by atoms with Gasteiger partial charge in [-0.15, -0.1) is 0 Å². The number of nitrogens with one attached hydrogen (secondary N) is 1. The second-order valence-electron chi connectivity index (χ2n) is 8.52. The summed E-state index contributed by atoms with van der Waals surface area (Å²) in [7, 11) is 0. The van der Waals surface area contributed by atoms with Crippen molar-refractivity contribution in [3.63, 3.8) is 0 Å². The van der Waals surface area contributed by atoms with Crippen LogP contribution in [0, 0.1) is 35.5 Å². The third-order valence-corrected chi connectivity index (χ3v) is 7.13. The topological polar surface area (TPSA) is 66.5 Å². The molecule has 3 fully saturated rings. The number of allylic oxidation sites excluding steroid dienone is 2. The molecule has 4 aliphatic carbocycles. The number of nitrogens with zero attached hydrogens (tertiary/aromatic N) is 1. The highest BCUT2D eigenvalue weighted by molar-refractivity contribution is 6.07. The summed E-state index contributed by atoms with van der Waals surface area (Å²) in [6, 6.07) is 13.7. The maximum atomic E-state index is 13.0. The smallest absolute Gasteiger partial charge is 0.252 e. The zero-order valence-electron chi connectivity index (χ0n) is 15.2. The van der Waals surface area contributed by atoms with Crippen molar-refractivity contribution in [2.45, 2.75) is 12.8 Å². The molecule has 1 N–H and O–H groups in total. The fourth-order valence-electron chi connectivity index (χ4n) is 5.85. The summed E-state index contributed by atoms with van der Waals surface area (Å²) >= 11 is 0. The van der Waals surface area contributed by atoms with Gasteiger partial charge in [0.1, 0.15) is 0 Å². The van der Waals surface area contributed by atoms with Gasteiger partial charge in [-0.05, 0) is 46.4 Å². The Kier molecular flexibility index (Phi) is 3.17. The standard InChI is InChI=1S/C23H20N2O3/c26-19(10-13-6-3-5-12-4-1-2-7-14(12)13)24-25-22(27)20-15-8-9-16(18-11-17(15)18)21(20)23(25)28/h1-9,15-18,20-21H,10-11H2,(H,24,26)/t15-,16+,17-,18-,20+,21-/m1/s1. The number of hydrazine groups is 1. The molecule has 1 aliphatic heterocycles. The van der Waals surface area contributed by atoms with E-state index in [0.29, 0.717) is 11.8 Å². The predicted molar refractivity (Wildman–Crippen MR) is 102 cm³/mol. The van der Waals surface area contributed by atoms with Gasteiger partial charge in [-0.1, -0.05) is 54.6 Å². The largest absolute Gasteiger partial charge is 0.273 e. The fraction of sp³-hybridized carbons (Fsp3) is 0.348. The zero-order chi connectivity index (χ0) is 19.0. The first-order valence-electron chi connectivity index (χ1n) is 9.96. The number of amides is 3. The van der Waals surface area contributed by atoms with Crippen LogP contribution in [0.4, 0.5) is 0 Å². The van der Waals surface area contributed by atoms with E-state index in [1.807, 2.05) is 42.5 Å². The second kappa shape index (κ2) is 5.53. The molecule has 7 rings (SSSR count). The SMILES string of the molecule is O=C(Cc1cccc2ccccc12)NN1C(=O)[C@@H]2[C@H]3C=C[C@H]([C@H]4C[C@H]34)[C@@H]2C1=O. The predicted octanol–water partition coefficient (Wildman–Crippen LogP) is 2.47. The average molecular weight is 372 g/mol. The minimum Gasteiger partial charge on any atom is -0.273 e. The first kappa shape index (κ1) is 16.0. The molecule has 28 heavy (non-hydrogen) atoms. The van der Waals surface area contributed by atoms with Crippen molar-refractivity contribution in [2.24, 2.45) is 35.5 Å². The van der Waals surface area contributed by atoms with E-state index in [-0.39, 0.29) is 47.8 Å². The van der Waals surface area contributed by atoms with Crippen molar-refractivity contribution >= 4 is 28.5 Å². The summed E-state index contributed by atoms with van der Waals surface area (Å²) in [4.78, 5) is 38.6. The van der Waals surface area contributed by atoms with Gasteiger partial charge < -0.3 is 0 Å². The minimum atomic E-state index is -0.331. The minimum absolute atomic E-state index is 0.129. The van der Waals surface area contributed by atoms with Crippen LogP contribution in [-0.2, 0) is 20.8 Å². The maximum absolute atomic E-state index is 13.0. The number of rotatable bonds is 3. The summed E-state index contributed by atoms with van der Waals surface area (Å²) in [5.74, 6) is 0.0684. The molecule has 3 amide bonds. The fourth-order valence-corrected chi connectivity index (χ4v) is 5.85. The molecular weight excluding hydrogens is 352 g/mol. The van der Waals surface area contributed by atoms with Gasteiger partial charge in [0.25, 0.3) is 11.8 Å². The highest BCUT2D eigenvalue weighted by Gasteiger charge is 2.67. The molecule has 6 atom stereocenters. The number of carbonyl (C=O) groups excluding carboxylic acids is 3. The molecule has 1 saturated heterocycles. The van der Waals surface area contributed by atoms with E-state index >= 15 is 0 Å². The van der Waals surface area contributed by atoms with Crippen molar-refractivity contribution in [3.8, 4) is 0 Å². The average Bonchev–Trinajstić information content (AvgIpc) is 3.49. The van der Waals surface area contributed by atoms with Crippen LogP contribution in [0.15, 0.2) is 54.6 Å². The van der Waals surface area contributed by atoms with Gasteiger partial charge in [-0.25, -0.2) is 0 Å². The molecule has 5 nitrogen and oxygen atoms in total. The van der Waals surface area contributed by atoms with E-state index in [2.05, 4.69) is 17.6 Å². The van der Waals surface area contributed by atoms with Crippen LogP contribution >= 0.6 is 0 Å². The number of benzene rings is 2. The van der Waals surface area contributed by atoms with Crippen LogP contribution in [0.1, 0.15) is 12.0 Å². The number of hydrogen-bond donors (Lipinski definition) is 1. The van der Waals surface area contributed by atoms with Gasteiger partial charge in [-0.2, -0.15) is 5.01 Å². The lowest BCUT2D eigenvalue weighted by atomic mass is 9.63. The second-order valence-corrected chi connectivity index (χ2v) is 8.52. The highest BCUT2D eigenvalue weighted by atomic mass is 16.2. The molecule has 5 aliphatic rings. The Bertz CT molecular complexity index is 1030. The van der Waals surface area contributed by atoms with Crippen LogP contribution in [-0.4, -0.2) is 22.7 Å². The quantitative estimate of drug-likeness (QED) is 0.665. The Morgan fingerprint density at radius 1 is 0.929 bits per heavy atom. The normalized spacial score (nSPS) is 34.5. The van der Waals surface area contributed by atoms with Gasteiger partial charge in [0.2, 0.25) is 5.91 Å². The molecule has 2 saturated carbocycles. The van der Waals surface area contributed by atoms with E-state index in [1.165, 1.54) is 0 Å². The Morgan fingerprint density at radius 3 is 2.29 bits per heavy atom. The summed E-state index contributed by atoms with van der Waals surface area (Å²) in [6.45, 7) is 0. The number of fused-ring (bicyclic) bond motifs is 1. The number of carbonyl (C=O) groups is 3. The van der Waals surface area contributed by atoms with Crippen LogP contribution in [0.3, 0.4) is 0 Å². The van der Waals surface area contributed by atoms with Gasteiger partial charge >= 0.3 is 0 Å². The van der Waals surface area contributed by atoms with E-state index in [1.54, 1.807) is 0 Å². The van der Waals surface area contributed by atoms with Crippen molar-refractivity contribution in [1.29, 1.82) is 0 Å². The molecular formula is C23H20N2O3. The van der Waals surface area contributed by atoms with Crippen LogP contribution in [0.25, 0.3) is 10.8 Å². The van der Waals surface area contributed by atoms with E-state index in [4.69, 9.17) is 0 Å².